The molecule has 3 rings (SSSR count). The lowest BCUT2D eigenvalue weighted by atomic mass is 9.85. The Balaban J connectivity index is 1.74. The molecule has 3 aromatic rings. The number of anilines is 1. The summed E-state index contributed by atoms with van der Waals surface area (Å²) in [4.78, 5) is 16.9. The molecule has 2 aromatic carbocycles. The van der Waals surface area contributed by atoms with Crippen molar-refractivity contribution in [3.05, 3.63) is 75.3 Å². The lowest BCUT2D eigenvalue weighted by Crippen LogP contribution is -2.24. The highest BCUT2D eigenvalue weighted by atomic mass is 35.5. The van der Waals surface area contributed by atoms with E-state index in [1.807, 2.05) is 0 Å². The fraction of sp³-hybridized carbons (Fsp3) is 0.174. The smallest absolute Gasteiger partial charge is 0.254 e. The predicted octanol–water partition coefficient (Wildman–Crippen LogP) is 5.86. The molecule has 172 valence electrons. The van der Waals surface area contributed by atoms with Gasteiger partial charge in [-0.1, -0.05) is 46.8 Å². The molecular weight excluding hydrogens is 486 g/mol. The molecule has 0 atom stereocenters. The molecule has 0 spiro atoms. The van der Waals surface area contributed by atoms with Crippen LogP contribution in [0.25, 0.3) is 0 Å². The van der Waals surface area contributed by atoms with Crippen LogP contribution >= 0.6 is 32.3 Å². The minimum atomic E-state index is -2.22. The lowest BCUT2D eigenvalue weighted by molar-refractivity contribution is 0.0946. The van der Waals surface area contributed by atoms with Crippen LogP contribution in [0.5, 0.6) is 0 Å². The van der Waals surface area contributed by atoms with Gasteiger partial charge in [-0.05, 0) is 49.2 Å². The van der Waals surface area contributed by atoms with Crippen molar-refractivity contribution < 1.29 is 13.6 Å². The highest BCUT2D eigenvalue weighted by molar-refractivity contribution is 8.28. The molecule has 1 aromatic heterocycles. The van der Waals surface area contributed by atoms with Crippen LogP contribution in [0.2, 0.25) is 5.02 Å². The summed E-state index contributed by atoms with van der Waals surface area (Å²) in [5, 5.41) is 12.3. The van der Waals surface area contributed by atoms with E-state index in [2.05, 4.69) is 32.8 Å². The van der Waals surface area contributed by atoms with Gasteiger partial charge in [0, 0.05) is 16.5 Å². The maximum atomic E-state index is 14.8. The van der Waals surface area contributed by atoms with Crippen molar-refractivity contribution in [1.29, 1.82) is 5.26 Å². The van der Waals surface area contributed by atoms with Gasteiger partial charge in [0.25, 0.3) is 5.91 Å². The fourth-order valence-electron chi connectivity index (χ4n) is 2.95. The first-order valence-electron chi connectivity index (χ1n) is 9.59. The molecule has 5 nitrogen and oxygen atoms in total. The van der Waals surface area contributed by atoms with Crippen molar-refractivity contribution in [1.82, 2.24) is 10.3 Å². The zero-order valence-corrected chi connectivity index (χ0v) is 20.3. The van der Waals surface area contributed by atoms with Crippen LogP contribution in [0, 0.1) is 22.3 Å². The van der Waals surface area contributed by atoms with Crippen LogP contribution in [-0.2, 0) is 12.0 Å². The summed E-state index contributed by atoms with van der Waals surface area (Å²) >= 11 is 7.02. The summed E-state index contributed by atoms with van der Waals surface area (Å²) in [7, 11) is -2.22. The van der Waals surface area contributed by atoms with Crippen LogP contribution in [0.4, 0.5) is 13.9 Å². The molecular formula is C23H21ClF2N4OS2. The molecule has 0 bridgehead atoms. The monoisotopic (exact) mass is 506 g/mol. The number of carbonyl (C=O) groups excluding carboxylic acids is 1. The largest absolute Gasteiger partial charge is 0.348 e. The van der Waals surface area contributed by atoms with Crippen LogP contribution < -0.4 is 10.0 Å². The normalized spacial score (nSPS) is 11.6. The number of nitrogens with zero attached hydrogens (tertiary/aromatic N) is 2. The molecule has 0 aliphatic rings. The van der Waals surface area contributed by atoms with E-state index in [0.717, 1.165) is 23.1 Å². The van der Waals surface area contributed by atoms with Gasteiger partial charge in [-0.15, -0.1) is 9.39 Å². The molecule has 1 amide bonds. The molecule has 33 heavy (non-hydrogen) atoms. The second kappa shape index (κ2) is 9.51. The summed E-state index contributed by atoms with van der Waals surface area (Å²) in [6.07, 6.45) is 1.07. The van der Waals surface area contributed by atoms with Gasteiger partial charge in [0.2, 0.25) is 0 Å². The van der Waals surface area contributed by atoms with Gasteiger partial charge in [0.15, 0.2) is 10.3 Å². The van der Waals surface area contributed by atoms with E-state index in [4.69, 9.17) is 11.6 Å². The second-order valence-corrected chi connectivity index (χ2v) is 11.7. The number of nitrogens with one attached hydrogen (secondary N) is 2. The van der Waals surface area contributed by atoms with Crippen LogP contribution in [0.1, 0.15) is 35.3 Å². The highest BCUT2D eigenvalue weighted by Crippen LogP contribution is 2.35. The molecule has 0 aliphatic carbocycles. The average Bonchev–Trinajstić information content (AvgIpc) is 3.16. The third-order valence-corrected chi connectivity index (χ3v) is 7.73. The summed E-state index contributed by atoms with van der Waals surface area (Å²) in [5.74, 6) is 6.63. The van der Waals surface area contributed by atoms with Crippen molar-refractivity contribution in [2.45, 2.75) is 30.7 Å². The van der Waals surface area contributed by atoms with Crippen LogP contribution in [0.15, 0.2) is 47.5 Å². The Labute approximate surface area is 200 Å². The first-order chi connectivity index (χ1) is 15.4. The van der Waals surface area contributed by atoms with Gasteiger partial charge < -0.3 is 10.0 Å². The van der Waals surface area contributed by atoms with Crippen molar-refractivity contribution in [3.8, 4) is 6.07 Å². The topological polar surface area (TPSA) is 77.8 Å². The van der Waals surface area contributed by atoms with Gasteiger partial charge in [0.05, 0.1) is 23.2 Å². The zero-order valence-electron chi connectivity index (χ0n) is 17.9. The number of amides is 1. The Kier molecular flexibility index (Phi) is 7.12. The quantitative estimate of drug-likeness (QED) is 0.393. The van der Waals surface area contributed by atoms with Crippen molar-refractivity contribution in [2.75, 3.05) is 4.72 Å². The summed E-state index contributed by atoms with van der Waals surface area (Å²) in [6.45, 7) is 3.63. The fourth-order valence-corrected chi connectivity index (χ4v) is 5.51. The van der Waals surface area contributed by atoms with Crippen molar-refractivity contribution in [2.24, 2.45) is 0 Å². The minimum absolute atomic E-state index is 0.128. The zero-order chi connectivity index (χ0) is 24.4. The van der Waals surface area contributed by atoms with Crippen molar-refractivity contribution in [3.63, 3.8) is 0 Å². The van der Waals surface area contributed by atoms with Gasteiger partial charge in [-0.25, -0.2) is 9.37 Å². The first kappa shape index (κ1) is 24.7. The number of nitriles is 1. The van der Waals surface area contributed by atoms with E-state index >= 15 is 0 Å². The Bertz CT molecular complexity index is 1360. The summed E-state index contributed by atoms with van der Waals surface area (Å²) < 4.78 is 30.9. The minimum Gasteiger partial charge on any atom is -0.348 e. The Hall–Kier alpha value is -2.93. The summed E-state index contributed by atoms with van der Waals surface area (Å²) in [6, 6.07) is 11.5. The molecule has 0 aliphatic heterocycles. The number of aromatic nitrogens is 1. The second-order valence-electron chi connectivity index (χ2n) is 7.83. The van der Waals surface area contributed by atoms with E-state index < -0.39 is 31.7 Å². The van der Waals surface area contributed by atoms with Gasteiger partial charge in [-0.3, -0.25) is 4.79 Å². The molecule has 2 N–H and O–H groups in total. The third-order valence-electron chi connectivity index (χ3n) is 4.83. The lowest BCUT2D eigenvalue weighted by Gasteiger charge is -2.19. The van der Waals surface area contributed by atoms with E-state index in [1.54, 1.807) is 38.1 Å². The molecule has 0 saturated heterocycles. The Morgan fingerprint density at radius 1 is 1.27 bits per heavy atom. The molecule has 1 heterocycles. The number of thiazole rings is 1. The van der Waals surface area contributed by atoms with Gasteiger partial charge in [0.1, 0.15) is 5.82 Å². The standard InChI is InChI=1S/C23H21ClF2N4OS2/c1-23(2,13-27)17-9-14(5-8-18(17)24)11-28-21(31)16-7-6-15(10-19(16)25)33(3,4)30-22-29-12-20(26)32-22/h5-10,12H,3-4,11H2,1-2H3,(H,28,31)(H,29,30). The van der Waals surface area contributed by atoms with E-state index in [1.165, 1.54) is 12.1 Å². The van der Waals surface area contributed by atoms with E-state index in [-0.39, 0.29) is 17.2 Å². The third kappa shape index (κ3) is 5.71. The number of benzene rings is 2. The maximum absolute atomic E-state index is 14.8. The molecule has 0 unspecified atom stereocenters. The number of carbonyl (C=O) groups is 1. The maximum Gasteiger partial charge on any atom is 0.254 e. The van der Waals surface area contributed by atoms with Crippen LogP contribution in [0.3, 0.4) is 0 Å². The van der Waals surface area contributed by atoms with Crippen molar-refractivity contribution >= 4 is 55.1 Å². The summed E-state index contributed by atoms with van der Waals surface area (Å²) in [5.41, 5.74) is 0.434. The molecule has 10 heteroatoms. The highest BCUT2D eigenvalue weighted by Gasteiger charge is 2.23. The Morgan fingerprint density at radius 3 is 2.61 bits per heavy atom. The SMILES string of the molecule is C=S(=C)(Nc1ncc(F)s1)c1ccc(C(=O)NCc2ccc(Cl)c(C(C)(C)C#N)c2)c(F)c1. The van der Waals surface area contributed by atoms with Gasteiger partial charge >= 0.3 is 0 Å². The molecule has 0 fully saturated rings. The number of rotatable bonds is 7. The van der Waals surface area contributed by atoms with E-state index in [0.29, 0.717) is 15.5 Å². The number of hydrogen-bond donors (Lipinski definition) is 2. The number of hydrogen-bond acceptors (Lipinski definition) is 5. The first-order valence-corrected chi connectivity index (χ1v) is 12.8. The van der Waals surface area contributed by atoms with E-state index in [9.17, 15) is 18.8 Å². The van der Waals surface area contributed by atoms with Crippen LogP contribution in [-0.4, -0.2) is 22.6 Å². The Morgan fingerprint density at radius 2 is 2.00 bits per heavy atom. The number of halogens is 3. The average molecular weight is 507 g/mol. The molecule has 0 radical (unpaired) electrons. The van der Waals surface area contributed by atoms with Gasteiger partial charge in [-0.2, -0.15) is 9.65 Å². The predicted molar refractivity (Wildman–Crippen MR) is 133 cm³/mol. The molecule has 0 saturated carbocycles.